The van der Waals surface area contributed by atoms with Crippen molar-refractivity contribution in [1.82, 2.24) is 14.9 Å². The molecule has 0 amide bonds. The van der Waals surface area contributed by atoms with Gasteiger partial charge in [-0.2, -0.15) is 0 Å². The molecule has 1 N–H and O–H groups in total. The maximum atomic E-state index is 12.7. The molecule has 0 aliphatic carbocycles. The Morgan fingerprint density at radius 2 is 2.07 bits per heavy atom. The van der Waals surface area contributed by atoms with Crippen LogP contribution in [0.5, 0.6) is 5.75 Å². The highest BCUT2D eigenvalue weighted by atomic mass is 16.5. The standard InChI is InChI=1S/C23H30N4O3/c1-4-11-29-21-8-6-5-7-18(21)14-26-10-9-19-20(15-26)24-23(25-22(19)28)27-12-16(2)30-17(3)13-27/h4-8,16-17H,1,9-15H2,2-3H3,(H,24,25,28)/t16-,17+. The zero-order valence-corrected chi connectivity index (χ0v) is 17.8. The van der Waals surface area contributed by atoms with Gasteiger partial charge in [0.2, 0.25) is 5.95 Å². The Balaban J connectivity index is 1.53. The van der Waals surface area contributed by atoms with E-state index in [0.29, 0.717) is 25.5 Å². The summed E-state index contributed by atoms with van der Waals surface area (Å²) in [6, 6.07) is 8.07. The zero-order valence-electron chi connectivity index (χ0n) is 17.8. The molecule has 0 unspecified atom stereocenters. The molecule has 2 aliphatic rings. The third kappa shape index (κ3) is 4.57. The third-order valence-electron chi connectivity index (χ3n) is 5.58. The van der Waals surface area contributed by atoms with Crippen molar-refractivity contribution in [2.45, 2.75) is 45.6 Å². The van der Waals surface area contributed by atoms with Crippen LogP contribution >= 0.6 is 0 Å². The summed E-state index contributed by atoms with van der Waals surface area (Å²) in [5, 5.41) is 0. The van der Waals surface area contributed by atoms with Crippen LogP contribution in [0.3, 0.4) is 0 Å². The Bertz CT molecular complexity index is 948. The van der Waals surface area contributed by atoms with Crippen LogP contribution in [0, 0.1) is 0 Å². The van der Waals surface area contributed by atoms with Crippen molar-refractivity contribution in [2.75, 3.05) is 31.1 Å². The van der Waals surface area contributed by atoms with Gasteiger partial charge in [-0.1, -0.05) is 30.9 Å². The number of hydrogen-bond acceptors (Lipinski definition) is 6. The van der Waals surface area contributed by atoms with E-state index < -0.39 is 0 Å². The van der Waals surface area contributed by atoms with Gasteiger partial charge in [0.15, 0.2) is 0 Å². The molecule has 7 nitrogen and oxygen atoms in total. The number of anilines is 1. The lowest BCUT2D eigenvalue weighted by atomic mass is 10.1. The van der Waals surface area contributed by atoms with Crippen LogP contribution in [0.4, 0.5) is 5.95 Å². The summed E-state index contributed by atoms with van der Waals surface area (Å²) in [5.74, 6) is 1.52. The minimum absolute atomic E-state index is 0.0174. The second-order valence-corrected chi connectivity index (χ2v) is 8.15. The number of nitrogens with zero attached hydrogens (tertiary/aromatic N) is 3. The average molecular weight is 411 g/mol. The second kappa shape index (κ2) is 9.02. The molecule has 2 aromatic rings. The van der Waals surface area contributed by atoms with Crippen LogP contribution in [-0.2, 0) is 24.2 Å². The van der Waals surface area contributed by atoms with E-state index >= 15 is 0 Å². The number of hydrogen-bond donors (Lipinski definition) is 1. The van der Waals surface area contributed by atoms with Crippen LogP contribution in [0.15, 0.2) is 41.7 Å². The maximum Gasteiger partial charge on any atom is 0.255 e. The van der Waals surface area contributed by atoms with Crippen LogP contribution in [0.2, 0.25) is 0 Å². The van der Waals surface area contributed by atoms with E-state index in [1.807, 2.05) is 32.0 Å². The minimum Gasteiger partial charge on any atom is -0.489 e. The molecule has 1 aromatic heterocycles. The van der Waals surface area contributed by atoms with Gasteiger partial charge >= 0.3 is 0 Å². The summed E-state index contributed by atoms with van der Waals surface area (Å²) in [4.78, 5) is 25.0. The van der Waals surface area contributed by atoms with Gasteiger partial charge in [0.1, 0.15) is 12.4 Å². The van der Waals surface area contributed by atoms with Gasteiger partial charge in [-0.05, 0) is 26.3 Å². The molecule has 0 radical (unpaired) electrons. The van der Waals surface area contributed by atoms with Gasteiger partial charge in [-0.3, -0.25) is 14.7 Å². The smallest absolute Gasteiger partial charge is 0.255 e. The Morgan fingerprint density at radius 3 is 2.83 bits per heavy atom. The molecule has 3 heterocycles. The number of nitrogens with one attached hydrogen (secondary N) is 1. The van der Waals surface area contributed by atoms with Gasteiger partial charge in [-0.15, -0.1) is 0 Å². The van der Waals surface area contributed by atoms with Gasteiger partial charge in [0.05, 0.1) is 17.9 Å². The zero-order chi connectivity index (χ0) is 21.1. The van der Waals surface area contributed by atoms with E-state index in [1.165, 1.54) is 0 Å². The second-order valence-electron chi connectivity index (χ2n) is 8.15. The quantitative estimate of drug-likeness (QED) is 0.738. The van der Waals surface area contributed by atoms with E-state index in [4.69, 9.17) is 14.5 Å². The first-order valence-corrected chi connectivity index (χ1v) is 10.6. The maximum absolute atomic E-state index is 12.7. The first kappa shape index (κ1) is 20.6. The lowest BCUT2D eigenvalue weighted by Crippen LogP contribution is -2.47. The van der Waals surface area contributed by atoms with Crippen molar-refractivity contribution >= 4 is 5.95 Å². The predicted molar refractivity (Wildman–Crippen MR) is 117 cm³/mol. The van der Waals surface area contributed by atoms with E-state index in [0.717, 1.165) is 48.7 Å². The largest absolute Gasteiger partial charge is 0.489 e. The van der Waals surface area contributed by atoms with Crippen molar-refractivity contribution in [2.24, 2.45) is 0 Å². The van der Waals surface area contributed by atoms with E-state index in [2.05, 4.69) is 27.4 Å². The van der Waals surface area contributed by atoms with Gasteiger partial charge in [0.25, 0.3) is 5.56 Å². The number of fused-ring (bicyclic) bond motifs is 1. The lowest BCUT2D eigenvalue weighted by molar-refractivity contribution is -0.00576. The van der Waals surface area contributed by atoms with Gasteiger partial charge in [-0.25, -0.2) is 4.98 Å². The topological polar surface area (TPSA) is 70.7 Å². The van der Waals surface area contributed by atoms with Crippen molar-refractivity contribution in [3.05, 3.63) is 64.1 Å². The van der Waals surface area contributed by atoms with Gasteiger partial charge < -0.3 is 14.4 Å². The summed E-state index contributed by atoms with van der Waals surface area (Å²) in [7, 11) is 0. The van der Waals surface area contributed by atoms with E-state index in [1.54, 1.807) is 6.08 Å². The number of H-pyrrole nitrogens is 1. The number of rotatable bonds is 6. The lowest BCUT2D eigenvalue weighted by Gasteiger charge is -2.36. The first-order valence-electron chi connectivity index (χ1n) is 10.6. The monoisotopic (exact) mass is 410 g/mol. The Hall–Kier alpha value is -2.64. The summed E-state index contributed by atoms with van der Waals surface area (Å²) in [5.41, 5.74) is 2.79. The highest BCUT2D eigenvalue weighted by Gasteiger charge is 2.27. The SMILES string of the molecule is C=CCOc1ccccc1CN1CCc2c(nc(N3C[C@@H](C)O[C@@H](C)C3)[nH]c2=O)C1. The highest BCUT2D eigenvalue weighted by Crippen LogP contribution is 2.24. The molecule has 0 spiro atoms. The van der Waals surface area contributed by atoms with Gasteiger partial charge in [0, 0.05) is 43.9 Å². The summed E-state index contributed by atoms with van der Waals surface area (Å²) in [6.45, 7) is 12.0. The number of ether oxygens (including phenoxy) is 2. The molecule has 0 saturated carbocycles. The molecule has 1 aromatic carbocycles. The molecular formula is C23H30N4O3. The molecule has 2 atom stereocenters. The molecule has 0 bridgehead atoms. The average Bonchev–Trinajstić information content (AvgIpc) is 2.72. The fourth-order valence-corrected chi connectivity index (χ4v) is 4.28. The fraction of sp³-hybridized carbons (Fsp3) is 0.478. The van der Waals surface area contributed by atoms with Crippen molar-refractivity contribution in [3.8, 4) is 5.75 Å². The molecule has 2 aliphatic heterocycles. The molecule has 1 fully saturated rings. The number of morpholine rings is 1. The Kier molecular flexibility index (Phi) is 6.20. The summed E-state index contributed by atoms with van der Waals surface area (Å²) < 4.78 is 11.6. The van der Waals surface area contributed by atoms with Crippen LogP contribution in [-0.4, -0.2) is 53.3 Å². The summed E-state index contributed by atoms with van der Waals surface area (Å²) in [6.07, 6.45) is 2.67. The predicted octanol–water partition coefficient (Wildman–Crippen LogP) is 2.51. The van der Waals surface area contributed by atoms with Crippen molar-refractivity contribution in [1.29, 1.82) is 0 Å². The van der Waals surface area contributed by atoms with Crippen LogP contribution in [0.25, 0.3) is 0 Å². The number of para-hydroxylation sites is 1. The molecule has 160 valence electrons. The van der Waals surface area contributed by atoms with Crippen LogP contribution in [0.1, 0.15) is 30.7 Å². The first-order chi connectivity index (χ1) is 14.5. The molecular weight excluding hydrogens is 380 g/mol. The normalized spacial score (nSPS) is 21.9. The van der Waals surface area contributed by atoms with E-state index in [9.17, 15) is 4.79 Å². The number of aromatic nitrogens is 2. The number of aromatic amines is 1. The van der Waals surface area contributed by atoms with Crippen LogP contribution < -0.4 is 15.2 Å². The minimum atomic E-state index is -0.0174. The summed E-state index contributed by atoms with van der Waals surface area (Å²) >= 11 is 0. The molecule has 30 heavy (non-hydrogen) atoms. The van der Waals surface area contributed by atoms with Crippen molar-refractivity contribution < 1.29 is 9.47 Å². The third-order valence-corrected chi connectivity index (χ3v) is 5.58. The Labute approximate surface area is 177 Å². The molecule has 1 saturated heterocycles. The fourth-order valence-electron chi connectivity index (χ4n) is 4.28. The highest BCUT2D eigenvalue weighted by molar-refractivity contribution is 5.36. The van der Waals surface area contributed by atoms with E-state index in [-0.39, 0.29) is 17.8 Å². The molecule has 4 rings (SSSR count). The number of benzene rings is 1. The Morgan fingerprint density at radius 1 is 1.30 bits per heavy atom. The molecule has 7 heteroatoms. The van der Waals surface area contributed by atoms with Crippen molar-refractivity contribution in [3.63, 3.8) is 0 Å².